The van der Waals surface area contributed by atoms with Gasteiger partial charge >= 0.3 is 0 Å². The van der Waals surface area contributed by atoms with Crippen LogP contribution < -0.4 is 0 Å². The van der Waals surface area contributed by atoms with E-state index in [4.69, 9.17) is 0 Å². The van der Waals surface area contributed by atoms with Crippen LogP contribution in [0.1, 0.15) is 51.9 Å². The van der Waals surface area contributed by atoms with Gasteiger partial charge in [-0.15, -0.1) is 0 Å². The van der Waals surface area contributed by atoms with Gasteiger partial charge in [-0.25, -0.2) is 0 Å². The van der Waals surface area contributed by atoms with Crippen LogP contribution in [0.15, 0.2) is 35.5 Å². The number of hydrogen-bond donors (Lipinski definition) is 4. The zero-order valence-corrected chi connectivity index (χ0v) is 15.4. The van der Waals surface area contributed by atoms with Gasteiger partial charge in [0.15, 0.2) is 5.78 Å². The van der Waals surface area contributed by atoms with Gasteiger partial charge in [-0.1, -0.05) is 36.8 Å². The Kier molecular flexibility index (Phi) is 5.28. The number of ketones is 1. The molecular weight excluding hydrogens is 332 g/mol. The van der Waals surface area contributed by atoms with Crippen molar-refractivity contribution in [3.8, 4) is 0 Å². The SMILES string of the molecule is C=C1CC[C@H](O)C/C1=C/C=C1\C[C@@H](O)C[C@@]2(C)[C@H]1CC[C@@]2(O)C(=O)CO. The Morgan fingerprint density at radius 2 is 1.96 bits per heavy atom. The second kappa shape index (κ2) is 7.04. The highest BCUT2D eigenvalue weighted by Gasteiger charge is 2.62. The van der Waals surface area contributed by atoms with Gasteiger partial charge in [0.1, 0.15) is 12.2 Å². The van der Waals surface area contributed by atoms with Gasteiger partial charge in [-0.2, -0.15) is 0 Å². The summed E-state index contributed by atoms with van der Waals surface area (Å²) in [5, 5.41) is 40.6. The van der Waals surface area contributed by atoms with Crippen LogP contribution >= 0.6 is 0 Å². The Balaban J connectivity index is 1.92. The number of fused-ring (bicyclic) bond motifs is 1. The minimum absolute atomic E-state index is 0.00923. The lowest BCUT2D eigenvalue weighted by molar-refractivity contribution is -0.158. The maximum Gasteiger partial charge on any atom is 0.190 e. The van der Waals surface area contributed by atoms with Gasteiger partial charge in [0.05, 0.1) is 12.2 Å². The van der Waals surface area contributed by atoms with E-state index in [1.165, 1.54) is 0 Å². The van der Waals surface area contributed by atoms with E-state index < -0.39 is 29.5 Å². The molecule has 3 rings (SSSR count). The normalized spacial score (nSPS) is 43.7. The third-order valence-electron chi connectivity index (χ3n) is 6.88. The third kappa shape index (κ3) is 3.11. The molecule has 5 heteroatoms. The van der Waals surface area contributed by atoms with Crippen molar-refractivity contribution in [1.82, 2.24) is 0 Å². The van der Waals surface area contributed by atoms with Gasteiger partial charge in [0.2, 0.25) is 0 Å². The molecule has 0 aromatic carbocycles. The second-order valence-corrected chi connectivity index (χ2v) is 8.45. The summed E-state index contributed by atoms with van der Waals surface area (Å²) in [5.41, 5.74) is 0.707. The summed E-state index contributed by atoms with van der Waals surface area (Å²) in [6.07, 6.45) is 6.92. The molecular formula is C21H30O5. The van der Waals surface area contributed by atoms with Gasteiger partial charge in [0, 0.05) is 5.41 Å². The van der Waals surface area contributed by atoms with E-state index in [0.717, 1.165) is 29.6 Å². The molecule has 0 radical (unpaired) electrons. The Hall–Kier alpha value is -1.27. The molecule has 3 fully saturated rings. The van der Waals surface area contributed by atoms with Crippen LogP contribution in [-0.2, 0) is 4.79 Å². The van der Waals surface area contributed by atoms with Gasteiger partial charge < -0.3 is 20.4 Å². The minimum atomic E-state index is -1.59. The molecule has 0 bridgehead atoms. The topological polar surface area (TPSA) is 98.0 Å². The molecule has 4 N–H and O–H groups in total. The highest BCUT2D eigenvalue weighted by Crippen LogP contribution is 2.59. The van der Waals surface area contributed by atoms with Crippen molar-refractivity contribution in [3.05, 3.63) is 35.5 Å². The summed E-state index contributed by atoms with van der Waals surface area (Å²) in [6.45, 7) is 5.24. The summed E-state index contributed by atoms with van der Waals surface area (Å²) in [5.74, 6) is -0.567. The van der Waals surface area contributed by atoms with Crippen LogP contribution in [0.3, 0.4) is 0 Å². The van der Waals surface area contributed by atoms with Crippen LogP contribution in [0.2, 0.25) is 0 Å². The van der Waals surface area contributed by atoms with Crippen LogP contribution in [-0.4, -0.2) is 50.6 Å². The monoisotopic (exact) mass is 362 g/mol. The number of Topliss-reactive ketones (excluding diaryl/α,β-unsaturated/α-hetero) is 1. The number of aliphatic hydroxyl groups is 4. The van der Waals surface area contributed by atoms with Gasteiger partial charge in [-0.05, 0) is 56.4 Å². The highest BCUT2D eigenvalue weighted by atomic mass is 16.3. The number of hydrogen-bond acceptors (Lipinski definition) is 5. The van der Waals surface area contributed by atoms with Crippen molar-refractivity contribution in [2.45, 2.75) is 69.7 Å². The summed E-state index contributed by atoms with van der Waals surface area (Å²) in [6, 6.07) is 0. The van der Waals surface area contributed by atoms with Crippen LogP contribution in [0, 0.1) is 11.3 Å². The molecule has 0 aromatic heterocycles. The fourth-order valence-corrected chi connectivity index (χ4v) is 5.30. The first-order valence-corrected chi connectivity index (χ1v) is 9.51. The zero-order valence-electron chi connectivity index (χ0n) is 15.4. The molecule has 3 saturated carbocycles. The molecule has 0 amide bonds. The van der Waals surface area contributed by atoms with Crippen LogP contribution in [0.5, 0.6) is 0 Å². The molecule has 0 aromatic rings. The smallest absolute Gasteiger partial charge is 0.190 e. The van der Waals surface area contributed by atoms with Crippen molar-refractivity contribution in [3.63, 3.8) is 0 Å². The predicted octanol–water partition coefficient (Wildman–Crippen LogP) is 1.80. The van der Waals surface area contributed by atoms with Gasteiger partial charge in [-0.3, -0.25) is 4.79 Å². The van der Waals surface area contributed by atoms with E-state index in [2.05, 4.69) is 6.58 Å². The van der Waals surface area contributed by atoms with Crippen molar-refractivity contribution in [2.75, 3.05) is 6.61 Å². The molecule has 0 saturated heterocycles. The Bertz CT molecular complexity index is 663. The molecule has 144 valence electrons. The fraction of sp³-hybridized carbons (Fsp3) is 0.667. The van der Waals surface area contributed by atoms with E-state index in [1.54, 1.807) is 0 Å². The molecule has 5 atom stereocenters. The van der Waals surface area contributed by atoms with E-state index in [1.807, 2.05) is 19.1 Å². The summed E-state index contributed by atoms with van der Waals surface area (Å²) < 4.78 is 0. The summed E-state index contributed by atoms with van der Waals surface area (Å²) in [7, 11) is 0. The number of rotatable bonds is 3. The number of aliphatic hydroxyl groups excluding tert-OH is 3. The predicted molar refractivity (Wildman–Crippen MR) is 98.3 cm³/mol. The fourth-order valence-electron chi connectivity index (χ4n) is 5.30. The molecule has 0 unspecified atom stereocenters. The molecule has 26 heavy (non-hydrogen) atoms. The van der Waals surface area contributed by atoms with E-state index in [0.29, 0.717) is 32.1 Å². The molecule has 5 nitrogen and oxygen atoms in total. The number of carbonyl (C=O) groups is 1. The first kappa shape index (κ1) is 19.5. The van der Waals surface area contributed by atoms with Crippen LogP contribution in [0.4, 0.5) is 0 Å². The third-order valence-corrected chi connectivity index (χ3v) is 6.88. The number of carbonyl (C=O) groups excluding carboxylic acids is 1. The zero-order chi connectivity index (χ0) is 19.1. The minimum Gasteiger partial charge on any atom is -0.393 e. The van der Waals surface area contributed by atoms with Crippen molar-refractivity contribution in [2.24, 2.45) is 11.3 Å². The molecule has 0 aliphatic heterocycles. The first-order chi connectivity index (χ1) is 12.2. The number of allylic oxidation sites excluding steroid dienone is 3. The Labute approximate surface area is 154 Å². The van der Waals surface area contributed by atoms with E-state index >= 15 is 0 Å². The van der Waals surface area contributed by atoms with Crippen LogP contribution in [0.25, 0.3) is 0 Å². The van der Waals surface area contributed by atoms with Crippen molar-refractivity contribution < 1.29 is 25.2 Å². The lowest BCUT2D eigenvalue weighted by Gasteiger charge is -2.47. The summed E-state index contributed by atoms with van der Waals surface area (Å²) >= 11 is 0. The molecule has 0 heterocycles. The second-order valence-electron chi connectivity index (χ2n) is 8.45. The first-order valence-electron chi connectivity index (χ1n) is 9.51. The highest BCUT2D eigenvalue weighted by molar-refractivity contribution is 5.89. The summed E-state index contributed by atoms with van der Waals surface area (Å²) in [4.78, 5) is 12.2. The molecule has 3 aliphatic carbocycles. The van der Waals surface area contributed by atoms with E-state index in [-0.39, 0.29) is 12.0 Å². The van der Waals surface area contributed by atoms with Crippen molar-refractivity contribution >= 4 is 5.78 Å². The largest absolute Gasteiger partial charge is 0.393 e. The quantitative estimate of drug-likeness (QED) is 0.614. The lowest BCUT2D eigenvalue weighted by Crippen LogP contribution is -2.55. The Morgan fingerprint density at radius 3 is 2.65 bits per heavy atom. The maximum atomic E-state index is 12.2. The van der Waals surface area contributed by atoms with Crippen molar-refractivity contribution in [1.29, 1.82) is 0 Å². The average Bonchev–Trinajstić information content (AvgIpc) is 2.86. The van der Waals surface area contributed by atoms with E-state index in [9.17, 15) is 25.2 Å². The molecule has 0 spiro atoms. The maximum absolute atomic E-state index is 12.2. The van der Waals surface area contributed by atoms with Gasteiger partial charge in [0.25, 0.3) is 0 Å². The lowest BCUT2D eigenvalue weighted by atomic mass is 9.60. The Morgan fingerprint density at radius 1 is 1.23 bits per heavy atom. The molecule has 3 aliphatic rings. The standard InChI is InChI=1S/C21H30O5/c1-13-3-6-16(23)9-14(13)4-5-15-10-17(24)11-20(2)18(15)7-8-21(20,26)19(25)12-22/h4-5,16-18,22-24,26H,1,3,6-12H2,2H3/b14-4-,15-5+/t16-,17+,18-,20-,21+/m0/s1. The average molecular weight is 362 g/mol.